The van der Waals surface area contributed by atoms with Crippen LogP contribution in [0.3, 0.4) is 0 Å². The van der Waals surface area contributed by atoms with E-state index in [-0.39, 0.29) is 5.69 Å². The highest BCUT2D eigenvalue weighted by Gasteiger charge is 2.07. The summed E-state index contributed by atoms with van der Waals surface area (Å²) in [6.45, 7) is 0.528. The average molecular weight is 270 g/mol. The molecule has 0 bridgehead atoms. The zero-order valence-corrected chi connectivity index (χ0v) is 10.3. The van der Waals surface area contributed by atoms with Gasteiger partial charge in [-0.15, -0.1) is 5.10 Å². The molecule has 20 heavy (non-hydrogen) atoms. The van der Waals surface area contributed by atoms with Crippen LogP contribution in [0.2, 0.25) is 0 Å². The van der Waals surface area contributed by atoms with Crippen molar-refractivity contribution in [2.24, 2.45) is 0 Å². The van der Waals surface area contributed by atoms with Gasteiger partial charge in [0.15, 0.2) is 0 Å². The van der Waals surface area contributed by atoms with Crippen LogP contribution in [0, 0.1) is 10.1 Å². The molecule has 2 aromatic heterocycles. The monoisotopic (exact) mass is 270 g/mol. The van der Waals surface area contributed by atoms with Gasteiger partial charge in [-0.05, 0) is 18.2 Å². The van der Waals surface area contributed by atoms with Gasteiger partial charge in [0.25, 0.3) is 5.69 Å². The van der Waals surface area contributed by atoms with Crippen molar-refractivity contribution in [2.45, 2.75) is 6.54 Å². The van der Waals surface area contributed by atoms with E-state index in [0.29, 0.717) is 6.54 Å². The average Bonchev–Trinajstić information content (AvgIpc) is 3.11. The van der Waals surface area contributed by atoms with Crippen LogP contribution in [-0.2, 0) is 6.54 Å². The van der Waals surface area contributed by atoms with E-state index in [4.69, 9.17) is 0 Å². The number of hydrogen-bond acceptors (Lipinski definition) is 5. The van der Waals surface area contributed by atoms with Crippen LogP contribution < -0.4 is 0 Å². The van der Waals surface area contributed by atoms with E-state index in [1.165, 1.54) is 12.1 Å². The molecule has 0 aliphatic rings. The van der Waals surface area contributed by atoms with Gasteiger partial charge in [-0.25, -0.2) is 4.68 Å². The molecular formula is C12H10N6O2. The number of nitro benzene ring substituents is 1. The van der Waals surface area contributed by atoms with Crippen molar-refractivity contribution < 1.29 is 4.92 Å². The Morgan fingerprint density at radius 2 is 2.05 bits per heavy atom. The summed E-state index contributed by atoms with van der Waals surface area (Å²) in [6, 6.07) is 7.96. The van der Waals surface area contributed by atoms with Gasteiger partial charge in [0.2, 0.25) is 0 Å². The molecule has 3 rings (SSSR count). The summed E-state index contributed by atoms with van der Waals surface area (Å²) in [5.41, 5.74) is 1.52. The highest BCUT2D eigenvalue weighted by molar-refractivity contribution is 5.40. The maximum absolute atomic E-state index is 10.6. The predicted octanol–water partition coefficient (Wildman–Crippen LogP) is 1.42. The van der Waals surface area contributed by atoms with E-state index >= 15 is 0 Å². The molecule has 100 valence electrons. The van der Waals surface area contributed by atoms with E-state index in [2.05, 4.69) is 15.4 Å². The van der Waals surface area contributed by atoms with Crippen molar-refractivity contribution >= 4 is 5.69 Å². The zero-order valence-electron chi connectivity index (χ0n) is 10.3. The lowest BCUT2D eigenvalue weighted by atomic mass is 10.3. The zero-order chi connectivity index (χ0) is 13.9. The van der Waals surface area contributed by atoms with Gasteiger partial charge in [0.05, 0.1) is 23.4 Å². The number of nitro groups is 1. The molecule has 0 N–H and O–H groups in total. The predicted molar refractivity (Wildman–Crippen MR) is 69.3 cm³/mol. The summed E-state index contributed by atoms with van der Waals surface area (Å²) in [5, 5.41) is 22.7. The number of aromatic nitrogens is 5. The molecule has 8 heteroatoms. The second-order valence-corrected chi connectivity index (χ2v) is 4.13. The van der Waals surface area contributed by atoms with Gasteiger partial charge in [0, 0.05) is 24.5 Å². The summed E-state index contributed by atoms with van der Waals surface area (Å²) in [7, 11) is 0. The number of benzene rings is 1. The Hall–Kier alpha value is -3.03. The minimum atomic E-state index is -0.436. The van der Waals surface area contributed by atoms with Gasteiger partial charge in [0.1, 0.15) is 5.69 Å². The molecule has 0 saturated carbocycles. The highest BCUT2D eigenvalue weighted by Crippen LogP contribution is 2.14. The molecule has 0 atom stereocenters. The second kappa shape index (κ2) is 4.92. The van der Waals surface area contributed by atoms with Gasteiger partial charge in [-0.2, -0.15) is 5.10 Å². The Bertz CT molecular complexity index is 717. The normalized spacial score (nSPS) is 10.6. The SMILES string of the molecule is O=[N+]([O-])c1ccc(-n2cc(Cn3cccn3)nn2)cc1. The number of hydrogen-bond donors (Lipinski definition) is 0. The van der Waals surface area contributed by atoms with Crippen molar-refractivity contribution in [1.29, 1.82) is 0 Å². The van der Waals surface area contributed by atoms with Crippen LogP contribution >= 0.6 is 0 Å². The van der Waals surface area contributed by atoms with Crippen molar-refractivity contribution in [3.8, 4) is 5.69 Å². The third-order valence-corrected chi connectivity index (χ3v) is 2.75. The molecule has 0 aliphatic heterocycles. The van der Waals surface area contributed by atoms with E-state index in [0.717, 1.165) is 11.4 Å². The van der Waals surface area contributed by atoms with E-state index in [1.807, 2.05) is 12.3 Å². The Labute approximate surface area is 113 Å². The second-order valence-electron chi connectivity index (χ2n) is 4.13. The topological polar surface area (TPSA) is 91.7 Å². The molecule has 1 aromatic carbocycles. The quantitative estimate of drug-likeness (QED) is 0.528. The Morgan fingerprint density at radius 3 is 2.70 bits per heavy atom. The van der Waals surface area contributed by atoms with Crippen LogP contribution in [0.25, 0.3) is 5.69 Å². The van der Waals surface area contributed by atoms with E-state index < -0.39 is 4.92 Å². The van der Waals surface area contributed by atoms with E-state index in [1.54, 1.807) is 33.9 Å². The maximum Gasteiger partial charge on any atom is 0.269 e. The third kappa shape index (κ3) is 2.39. The first-order valence-corrected chi connectivity index (χ1v) is 5.86. The van der Waals surface area contributed by atoms with Crippen molar-refractivity contribution in [3.05, 3.63) is 64.7 Å². The first-order valence-electron chi connectivity index (χ1n) is 5.86. The number of rotatable bonds is 4. The molecule has 0 unspecified atom stereocenters. The Kier molecular flexibility index (Phi) is 2.96. The molecule has 0 radical (unpaired) electrons. The van der Waals surface area contributed by atoms with E-state index in [9.17, 15) is 10.1 Å². The number of non-ortho nitro benzene ring substituents is 1. The van der Waals surface area contributed by atoms with Crippen LogP contribution in [0.1, 0.15) is 5.69 Å². The molecule has 0 spiro atoms. The molecule has 2 heterocycles. The fourth-order valence-electron chi connectivity index (χ4n) is 1.78. The standard InChI is InChI=1S/C12H10N6O2/c19-18(20)12-4-2-11(3-5-12)17-9-10(14-15-17)8-16-7-1-6-13-16/h1-7,9H,8H2. The fourth-order valence-corrected chi connectivity index (χ4v) is 1.78. The molecular weight excluding hydrogens is 260 g/mol. The smallest absolute Gasteiger partial charge is 0.267 e. The molecule has 0 amide bonds. The van der Waals surface area contributed by atoms with Gasteiger partial charge in [-0.3, -0.25) is 14.8 Å². The minimum Gasteiger partial charge on any atom is -0.267 e. The summed E-state index contributed by atoms with van der Waals surface area (Å²) < 4.78 is 3.31. The van der Waals surface area contributed by atoms with Crippen LogP contribution in [0.5, 0.6) is 0 Å². The molecule has 0 saturated heterocycles. The van der Waals surface area contributed by atoms with Crippen LogP contribution in [0.15, 0.2) is 48.9 Å². The molecule has 8 nitrogen and oxygen atoms in total. The summed E-state index contributed by atoms with van der Waals surface area (Å²) in [4.78, 5) is 10.2. The lowest BCUT2D eigenvalue weighted by molar-refractivity contribution is -0.384. The Balaban J connectivity index is 1.80. The molecule has 0 fully saturated rings. The summed E-state index contributed by atoms with van der Waals surface area (Å²) in [6.07, 6.45) is 5.30. The van der Waals surface area contributed by atoms with Gasteiger partial charge < -0.3 is 0 Å². The van der Waals surface area contributed by atoms with Crippen LogP contribution in [0.4, 0.5) is 5.69 Å². The first kappa shape index (κ1) is 12.0. The van der Waals surface area contributed by atoms with Gasteiger partial charge in [-0.1, -0.05) is 5.21 Å². The highest BCUT2D eigenvalue weighted by atomic mass is 16.6. The minimum absolute atomic E-state index is 0.0469. The molecule has 0 aliphatic carbocycles. The van der Waals surface area contributed by atoms with Crippen molar-refractivity contribution in [2.75, 3.05) is 0 Å². The Morgan fingerprint density at radius 1 is 1.25 bits per heavy atom. The first-order chi connectivity index (χ1) is 9.72. The third-order valence-electron chi connectivity index (χ3n) is 2.75. The lowest BCUT2D eigenvalue weighted by Gasteiger charge is -1.99. The molecule has 3 aromatic rings. The largest absolute Gasteiger partial charge is 0.269 e. The summed E-state index contributed by atoms with van der Waals surface area (Å²) in [5.74, 6) is 0. The lowest BCUT2D eigenvalue weighted by Crippen LogP contribution is -1.99. The fraction of sp³-hybridized carbons (Fsp3) is 0.0833. The van der Waals surface area contributed by atoms with Gasteiger partial charge >= 0.3 is 0 Å². The maximum atomic E-state index is 10.6. The van der Waals surface area contributed by atoms with Crippen LogP contribution in [-0.4, -0.2) is 29.7 Å². The van der Waals surface area contributed by atoms with Crippen molar-refractivity contribution in [3.63, 3.8) is 0 Å². The number of nitrogens with zero attached hydrogens (tertiary/aromatic N) is 6. The van der Waals surface area contributed by atoms with Crippen molar-refractivity contribution in [1.82, 2.24) is 24.8 Å². The summed E-state index contributed by atoms with van der Waals surface area (Å²) >= 11 is 0.